The first-order valence-corrected chi connectivity index (χ1v) is 5.78. The lowest BCUT2D eigenvalue weighted by molar-refractivity contribution is -0.385. The number of anilines is 1. The van der Waals surface area contributed by atoms with Crippen LogP contribution in [0.25, 0.3) is 11.3 Å². The summed E-state index contributed by atoms with van der Waals surface area (Å²) < 4.78 is 0. The van der Waals surface area contributed by atoms with Gasteiger partial charge in [0.2, 0.25) is 5.95 Å². The van der Waals surface area contributed by atoms with Gasteiger partial charge in [-0.25, -0.2) is 9.97 Å². The first-order valence-electron chi connectivity index (χ1n) is 5.78. The average molecular weight is 269 g/mol. The third kappa shape index (κ3) is 2.40. The topological polar surface area (TPSA) is 105 Å². The van der Waals surface area contributed by atoms with Crippen LogP contribution in [0.3, 0.4) is 0 Å². The summed E-state index contributed by atoms with van der Waals surface area (Å²) in [4.78, 5) is 18.9. The highest BCUT2D eigenvalue weighted by atomic mass is 16.6. The Labute approximate surface area is 115 Å². The number of hydrogen-bond acceptors (Lipinski definition) is 6. The van der Waals surface area contributed by atoms with Gasteiger partial charge >= 0.3 is 5.69 Å². The molecular weight excluding hydrogens is 258 g/mol. The van der Waals surface area contributed by atoms with Gasteiger partial charge in [-0.1, -0.05) is 12.1 Å². The van der Waals surface area contributed by atoms with Crippen molar-refractivity contribution in [2.45, 2.75) is 6.92 Å². The van der Waals surface area contributed by atoms with Gasteiger partial charge in [0.1, 0.15) is 5.69 Å². The van der Waals surface area contributed by atoms with Crippen molar-refractivity contribution in [3.05, 3.63) is 45.6 Å². The number of aromatic nitrogens is 2. The quantitative estimate of drug-likeness (QED) is 0.676. The van der Waals surface area contributed by atoms with Crippen molar-refractivity contribution in [2.24, 2.45) is 0 Å². The number of benzene rings is 1. The SMILES string of the molecule is CNc1nc(C)c([N+](=O)[O-])c(-c2cccc(C#N)c2)n1. The molecule has 0 atom stereocenters. The van der Waals surface area contributed by atoms with Crippen LogP contribution in [-0.4, -0.2) is 21.9 Å². The zero-order chi connectivity index (χ0) is 14.7. The molecule has 0 bridgehead atoms. The molecule has 0 aliphatic heterocycles. The molecule has 0 aliphatic rings. The van der Waals surface area contributed by atoms with Crippen molar-refractivity contribution in [2.75, 3.05) is 12.4 Å². The van der Waals surface area contributed by atoms with E-state index in [0.29, 0.717) is 17.1 Å². The molecule has 100 valence electrons. The second kappa shape index (κ2) is 5.32. The van der Waals surface area contributed by atoms with E-state index in [2.05, 4.69) is 15.3 Å². The molecule has 0 spiro atoms. The molecule has 0 saturated carbocycles. The Hall–Kier alpha value is -3.01. The molecule has 0 amide bonds. The minimum Gasteiger partial charge on any atom is -0.357 e. The average Bonchev–Trinajstić information content (AvgIpc) is 2.45. The summed E-state index contributed by atoms with van der Waals surface area (Å²) in [7, 11) is 1.64. The Morgan fingerprint density at radius 3 is 2.75 bits per heavy atom. The molecule has 0 fully saturated rings. The van der Waals surface area contributed by atoms with Crippen molar-refractivity contribution in [1.82, 2.24) is 9.97 Å². The highest BCUT2D eigenvalue weighted by Crippen LogP contribution is 2.31. The number of nitrogens with one attached hydrogen (secondary N) is 1. The number of nitriles is 1. The van der Waals surface area contributed by atoms with Gasteiger partial charge in [0, 0.05) is 12.6 Å². The van der Waals surface area contributed by atoms with E-state index in [4.69, 9.17) is 5.26 Å². The Kier molecular flexibility index (Phi) is 3.57. The lowest BCUT2D eigenvalue weighted by Crippen LogP contribution is -2.05. The minimum absolute atomic E-state index is 0.154. The molecule has 7 nitrogen and oxygen atoms in total. The maximum atomic E-state index is 11.2. The van der Waals surface area contributed by atoms with Gasteiger partial charge in [-0.2, -0.15) is 5.26 Å². The van der Waals surface area contributed by atoms with Gasteiger partial charge in [-0.3, -0.25) is 10.1 Å². The van der Waals surface area contributed by atoms with E-state index in [-0.39, 0.29) is 17.1 Å². The first-order chi connectivity index (χ1) is 9.56. The lowest BCUT2D eigenvalue weighted by atomic mass is 10.1. The van der Waals surface area contributed by atoms with Crippen LogP contribution in [0.1, 0.15) is 11.3 Å². The third-order valence-electron chi connectivity index (χ3n) is 2.73. The maximum Gasteiger partial charge on any atom is 0.316 e. The van der Waals surface area contributed by atoms with E-state index < -0.39 is 4.92 Å². The smallest absolute Gasteiger partial charge is 0.316 e. The Balaban J connectivity index is 2.73. The normalized spacial score (nSPS) is 9.85. The zero-order valence-electron chi connectivity index (χ0n) is 10.9. The predicted molar refractivity (Wildman–Crippen MR) is 73.1 cm³/mol. The minimum atomic E-state index is -0.511. The first kappa shape index (κ1) is 13.4. The monoisotopic (exact) mass is 269 g/mol. The molecule has 7 heteroatoms. The fourth-order valence-corrected chi connectivity index (χ4v) is 1.83. The Morgan fingerprint density at radius 2 is 2.15 bits per heavy atom. The molecule has 2 rings (SSSR count). The third-order valence-corrected chi connectivity index (χ3v) is 2.73. The molecule has 1 N–H and O–H groups in total. The molecule has 1 aromatic heterocycles. The van der Waals surface area contributed by atoms with Gasteiger partial charge in [0.15, 0.2) is 5.69 Å². The molecule has 0 saturated heterocycles. The van der Waals surface area contributed by atoms with Crippen LogP contribution < -0.4 is 5.32 Å². The second-order valence-corrected chi connectivity index (χ2v) is 4.03. The predicted octanol–water partition coefficient (Wildman–Crippen LogP) is 2.27. The van der Waals surface area contributed by atoms with Gasteiger partial charge in [0.05, 0.1) is 16.6 Å². The number of hydrogen-bond donors (Lipinski definition) is 1. The van der Waals surface area contributed by atoms with Crippen molar-refractivity contribution < 1.29 is 4.92 Å². The van der Waals surface area contributed by atoms with Crippen LogP contribution in [0.4, 0.5) is 11.6 Å². The fourth-order valence-electron chi connectivity index (χ4n) is 1.83. The summed E-state index contributed by atoms with van der Waals surface area (Å²) in [5.41, 5.74) is 1.24. The summed E-state index contributed by atoms with van der Waals surface area (Å²) in [5.74, 6) is 0.297. The van der Waals surface area contributed by atoms with E-state index in [1.807, 2.05) is 6.07 Å². The van der Waals surface area contributed by atoms with E-state index in [0.717, 1.165) is 0 Å². The summed E-state index contributed by atoms with van der Waals surface area (Å²) in [5, 5.41) is 22.9. The second-order valence-electron chi connectivity index (χ2n) is 4.03. The highest BCUT2D eigenvalue weighted by Gasteiger charge is 2.23. The van der Waals surface area contributed by atoms with Crippen molar-refractivity contribution >= 4 is 11.6 Å². The molecule has 0 radical (unpaired) electrons. The molecule has 0 unspecified atom stereocenters. The lowest BCUT2D eigenvalue weighted by Gasteiger charge is -2.07. The van der Waals surface area contributed by atoms with Crippen molar-refractivity contribution in [1.29, 1.82) is 5.26 Å². The molecule has 0 aliphatic carbocycles. The van der Waals surface area contributed by atoms with Gasteiger partial charge in [-0.15, -0.1) is 0 Å². The fraction of sp³-hybridized carbons (Fsp3) is 0.154. The van der Waals surface area contributed by atoms with Crippen molar-refractivity contribution in [3.8, 4) is 17.3 Å². The number of aryl methyl sites for hydroxylation is 1. The molecule has 2 aromatic rings. The van der Waals surface area contributed by atoms with E-state index in [1.165, 1.54) is 0 Å². The van der Waals surface area contributed by atoms with Crippen LogP contribution in [0.15, 0.2) is 24.3 Å². The summed E-state index contributed by atoms with van der Waals surface area (Å²) in [6.07, 6.45) is 0. The van der Waals surface area contributed by atoms with Gasteiger partial charge in [-0.05, 0) is 19.1 Å². The van der Waals surface area contributed by atoms with E-state index in [9.17, 15) is 10.1 Å². The standard InChI is InChI=1S/C13H11N5O2/c1-8-12(18(19)20)11(17-13(15-2)16-8)10-5-3-4-9(6-10)7-14/h3-6H,1-2H3,(H,15,16,17). The molecular formula is C13H11N5O2. The van der Waals surface area contributed by atoms with E-state index >= 15 is 0 Å². The van der Waals surface area contributed by atoms with Crippen LogP contribution in [0.2, 0.25) is 0 Å². The van der Waals surface area contributed by atoms with E-state index in [1.54, 1.807) is 38.2 Å². The van der Waals surface area contributed by atoms with Crippen LogP contribution >= 0.6 is 0 Å². The Bertz CT molecular complexity index is 721. The highest BCUT2D eigenvalue weighted by molar-refractivity contribution is 5.72. The van der Waals surface area contributed by atoms with Gasteiger partial charge < -0.3 is 5.32 Å². The zero-order valence-corrected chi connectivity index (χ0v) is 10.9. The number of nitrogens with zero attached hydrogens (tertiary/aromatic N) is 4. The van der Waals surface area contributed by atoms with Gasteiger partial charge in [0.25, 0.3) is 0 Å². The molecule has 20 heavy (non-hydrogen) atoms. The summed E-state index contributed by atoms with van der Waals surface area (Å²) in [6, 6.07) is 8.53. The van der Waals surface area contributed by atoms with Crippen LogP contribution in [0.5, 0.6) is 0 Å². The molecule has 1 heterocycles. The summed E-state index contributed by atoms with van der Waals surface area (Å²) in [6.45, 7) is 1.55. The Morgan fingerprint density at radius 1 is 1.40 bits per heavy atom. The van der Waals surface area contributed by atoms with Crippen LogP contribution in [-0.2, 0) is 0 Å². The van der Waals surface area contributed by atoms with Crippen molar-refractivity contribution in [3.63, 3.8) is 0 Å². The number of rotatable bonds is 3. The maximum absolute atomic E-state index is 11.2. The summed E-state index contributed by atoms with van der Waals surface area (Å²) >= 11 is 0. The largest absolute Gasteiger partial charge is 0.357 e. The molecule has 1 aromatic carbocycles. The number of nitro groups is 1. The van der Waals surface area contributed by atoms with Crippen LogP contribution in [0, 0.1) is 28.4 Å².